The number of cyclic esters (lactones) is 1. The smallest absolute Gasteiger partial charge is 0.415 e. The zero-order valence-electron chi connectivity index (χ0n) is 12.3. The zero-order valence-corrected chi connectivity index (χ0v) is 13.1. The Bertz CT molecular complexity index is 784. The monoisotopic (exact) mass is 369 g/mol. The van der Waals surface area contributed by atoms with E-state index in [1.807, 2.05) is 6.92 Å². The second-order valence-electron chi connectivity index (χ2n) is 5.93. The van der Waals surface area contributed by atoms with Crippen molar-refractivity contribution in [2.45, 2.75) is 32.0 Å². The Labute approximate surface area is 155 Å². The third-order valence-corrected chi connectivity index (χ3v) is 4.51. The van der Waals surface area contributed by atoms with Gasteiger partial charge >= 0.3 is 12.3 Å². The number of hydrogen-bond donors (Lipinski definition) is 1. The molecule has 3 atom stereocenters. The minimum Gasteiger partial charge on any atom is -0.415 e. The highest BCUT2D eigenvalue weighted by Crippen LogP contribution is 2.49. The quantitative estimate of drug-likeness (QED) is 0.473. The number of hydrogen-bond acceptors (Lipinski definition) is 2. The number of halogens is 4. The fraction of sp³-hybridized carbons (Fsp3) is 0.438. The van der Waals surface area contributed by atoms with Crippen LogP contribution < -0.4 is 5.32 Å². The van der Waals surface area contributed by atoms with Crippen LogP contribution in [0.25, 0.3) is 0 Å². The van der Waals surface area contributed by atoms with E-state index >= 15 is 0 Å². The largest absolute Gasteiger partial charge is 0.445 e. The van der Waals surface area contributed by atoms with Crippen molar-refractivity contribution in [1.29, 1.82) is 0 Å². The third kappa shape index (κ3) is 2.63. The van der Waals surface area contributed by atoms with E-state index in [0.29, 0.717) is 5.56 Å². The number of carbonyl (C=O) groups excluding carboxylic acids is 1. The summed E-state index contributed by atoms with van der Waals surface area (Å²) in [5.41, 5.74) is -2.73. The lowest BCUT2D eigenvalue weighted by atomic mass is 9.89. The SMILES string of the molecule is Cc1cc2c(cc1Cl)[C@@](C#CC1CC1C)(C(F)(F)F)OC(=O)N2.[HH].[HH].[HH].[HH].[HH].[HH].[HH].[HH].[HH].[HH].[HH].[HH].[HH]. The van der Waals surface area contributed by atoms with Gasteiger partial charge in [-0.1, -0.05) is 24.4 Å². The average Bonchev–Trinajstić information content (AvgIpc) is 3.13. The molecule has 1 saturated carbocycles. The fourth-order valence-corrected chi connectivity index (χ4v) is 2.66. The second kappa shape index (κ2) is 5.07. The number of carbonyl (C=O) groups is 1. The summed E-state index contributed by atoms with van der Waals surface area (Å²) in [5.74, 6) is 4.94. The minimum absolute atomic E-state index is 0. The molecule has 1 aromatic rings. The molecule has 23 heavy (non-hydrogen) atoms. The molecule has 3 rings (SSSR count). The van der Waals surface area contributed by atoms with Gasteiger partial charge in [0.05, 0.1) is 5.69 Å². The summed E-state index contributed by atoms with van der Waals surface area (Å²) in [6.45, 7) is 3.54. The predicted molar refractivity (Wildman–Crippen MR) is 107 cm³/mol. The molecule has 1 aromatic carbocycles. The van der Waals surface area contributed by atoms with Crippen molar-refractivity contribution >= 4 is 23.4 Å². The van der Waals surface area contributed by atoms with Crippen LogP contribution >= 0.6 is 11.6 Å². The van der Waals surface area contributed by atoms with Gasteiger partial charge in [-0.15, -0.1) is 0 Å². The van der Waals surface area contributed by atoms with Crippen LogP contribution in [0, 0.1) is 30.6 Å². The van der Waals surface area contributed by atoms with Crippen molar-refractivity contribution in [3.8, 4) is 11.8 Å². The highest BCUT2D eigenvalue weighted by molar-refractivity contribution is 6.31. The first-order valence-electron chi connectivity index (χ1n) is 7.04. The van der Waals surface area contributed by atoms with Gasteiger partial charge in [-0.05, 0) is 42.9 Å². The molecule has 3 nitrogen and oxygen atoms in total. The molecule has 2 unspecified atom stereocenters. The number of ether oxygens (including phenoxy) is 1. The number of nitrogens with one attached hydrogen (secondary N) is 1. The highest BCUT2D eigenvalue weighted by atomic mass is 35.5. The van der Waals surface area contributed by atoms with Gasteiger partial charge in [-0.3, -0.25) is 5.32 Å². The van der Waals surface area contributed by atoms with Crippen molar-refractivity contribution in [2.24, 2.45) is 11.8 Å². The number of fused-ring (bicyclic) bond motifs is 1. The topological polar surface area (TPSA) is 38.3 Å². The van der Waals surface area contributed by atoms with Crippen LogP contribution in [0.2, 0.25) is 5.02 Å². The van der Waals surface area contributed by atoms with E-state index in [2.05, 4.69) is 21.9 Å². The third-order valence-electron chi connectivity index (χ3n) is 4.10. The number of rotatable bonds is 0. The van der Waals surface area contributed by atoms with Gasteiger partial charge < -0.3 is 4.74 Å². The summed E-state index contributed by atoms with van der Waals surface area (Å²) >= 11 is 5.97. The maximum atomic E-state index is 13.8. The lowest BCUT2D eigenvalue weighted by Gasteiger charge is -2.36. The summed E-state index contributed by atoms with van der Waals surface area (Å²) in [7, 11) is 0. The van der Waals surface area contributed by atoms with Gasteiger partial charge in [-0.2, -0.15) is 13.2 Å². The van der Waals surface area contributed by atoms with E-state index in [-0.39, 0.29) is 46.7 Å². The number of amides is 1. The first-order chi connectivity index (χ1) is 10.6. The first kappa shape index (κ1) is 16.0. The molecule has 1 amide bonds. The zero-order chi connectivity index (χ0) is 17.0. The fourth-order valence-electron chi connectivity index (χ4n) is 2.50. The molecule has 1 aliphatic heterocycles. The van der Waals surface area contributed by atoms with Crippen LogP contribution in [0.4, 0.5) is 23.7 Å². The van der Waals surface area contributed by atoms with Crippen LogP contribution in [-0.2, 0) is 10.3 Å². The summed E-state index contributed by atoms with van der Waals surface area (Å²) < 4.78 is 46.1. The Hall–Kier alpha value is -1.87. The Kier molecular flexibility index (Phi) is 3.53. The summed E-state index contributed by atoms with van der Waals surface area (Å²) in [6, 6.07) is 2.55. The predicted octanol–water partition coefficient (Wildman–Crippen LogP) is 7.83. The van der Waals surface area contributed by atoms with Crippen LogP contribution in [-0.4, -0.2) is 12.3 Å². The van der Waals surface area contributed by atoms with E-state index in [4.69, 9.17) is 11.6 Å². The van der Waals surface area contributed by atoms with Gasteiger partial charge in [0.25, 0.3) is 5.60 Å². The number of alkyl halides is 3. The van der Waals surface area contributed by atoms with Crippen molar-refractivity contribution in [2.75, 3.05) is 5.32 Å². The molecule has 1 aliphatic carbocycles. The van der Waals surface area contributed by atoms with Crippen LogP contribution in [0.15, 0.2) is 12.1 Å². The van der Waals surface area contributed by atoms with Crippen LogP contribution in [0.1, 0.15) is 43.0 Å². The van der Waals surface area contributed by atoms with Crippen molar-refractivity contribution in [3.63, 3.8) is 0 Å². The molecule has 148 valence electrons. The summed E-state index contributed by atoms with van der Waals surface area (Å²) in [4.78, 5) is 11.7. The Morgan fingerprint density at radius 3 is 2.70 bits per heavy atom. The van der Waals surface area contributed by atoms with Crippen LogP contribution in [0.3, 0.4) is 0 Å². The van der Waals surface area contributed by atoms with Crippen molar-refractivity contribution < 1.29 is 41.2 Å². The number of benzene rings is 1. The van der Waals surface area contributed by atoms with Crippen molar-refractivity contribution in [3.05, 3.63) is 28.3 Å². The molecule has 0 bridgehead atoms. The van der Waals surface area contributed by atoms with E-state index < -0.39 is 17.9 Å². The highest BCUT2D eigenvalue weighted by Gasteiger charge is 2.62. The molecule has 0 spiro atoms. The van der Waals surface area contributed by atoms with E-state index in [9.17, 15) is 18.0 Å². The maximum absolute atomic E-state index is 13.8. The molecule has 7 heteroatoms. The molecular weight excluding hydrogens is 331 g/mol. The van der Waals surface area contributed by atoms with Gasteiger partial charge in [0.1, 0.15) is 0 Å². The number of aryl methyl sites for hydroxylation is 1. The molecule has 1 heterocycles. The summed E-state index contributed by atoms with van der Waals surface area (Å²) in [5, 5.41) is 2.43. The summed E-state index contributed by atoms with van der Waals surface area (Å²) in [6.07, 6.45) is -5.33. The van der Waals surface area contributed by atoms with E-state index in [0.717, 1.165) is 12.5 Å². The standard InChI is InChI=1S/C16H13ClF3NO2.13H2/c1-8-5-10(8)3-4-15(16(18,19)20)11-7-12(17)9(2)6-13(11)21-14(22)23-15;;;;;;;;;;;;;/h6-8,10H,5H2,1-2H3,(H,21,22);13*1H/t8?,10?,15-;;;;;;;;;;;;;/m0............./s1. The second-order valence-corrected chi connectivity index (χ2v) is 6.34. The average molecular weight is 370 g/mol. The maximum Gasteiger partial charge on any atom is 0.445 e. The normalized spacial score (nSPS) is 28.9. The molecule has 1 fully saturated rings. The molecule has 0 saturated heterocycles. The van der Waals surface area contributed by atoms with Gasteiger partial charge in [-0.25, -0.2) is 4.79 Å². The van der Waals surface area contributed by atoms with E-state index in [1.54, 1.807) is 6.92 Å². The van der Waals surface area contributed by atoms with Gasteiger partial charge in [0.2, 0.25) is 0 Å². The molecule has 0 radical (unpaired) electrons. The first-order valence-corrected chi connectivity index (χ1v) is 7.42. The van der Waals surface area contributed by atoms with Crippen LogP contribution in [0.5, 0.6) is 0 Å². The van der Waals surface area contributed by atoms with Gasteiger partial charge in [0, 0.05) is 35.1 Å². The molecular formula is C16H39ClF3NO2. The van der Waals surface area contributed by atoms with Crippen molar-refractivity contribution in [1.82, 2.24) is 0 Å². The van der Waals surface area contributed by atoms with E-state index in [1.165, 1.54) is 6.07 Å². The molecule has 1 N–H and O–H groups in total. The number of anilines is 1. The Morgan fingerprint density at radius 2 is 2.13 bits per heavy atom. The molecule has 0 aromatic heterocycles. The lowest BCUT2D eigenvalue weighted by molar-refractivity contribution is -0.239. The van der Waals surface area contributed by atoms with Gasteiger partial charge in [0.15, 0.2) is 0 Å². The molecule has 2 aliphatic rings. The Balaban J connectivity index is -0.0000000534. The minimum atomic E-state index is -4.89. The lowest BCUT2D eigenvalue weighted by Crippen LogP contribution is -2.49. The Morgan fingerprint density at radius 1 is 1.48 bits per heavy atom.